The third-order valence-electron chi connectivity index (χ3n) is 4.65. The third kappa shape index (κ3) is 4.07. The largest absolute Gasteiger partial charge is 0.487 e. The summed E-state index contributed by atoms with van der Waals surface area (Å²) < 4.78 is 21.9. The molecule has 0 saturated carbocycles. The Morgan fingerprint density at radius 2 is 1.69 bits per heavy atom. The Balaban J connectivity index is 1.72. The monoisotopic (exact) mass is 415 g/mol. The van der Waals surface area contributed by atoms with E-state index in [1.165, 1.54) is 0 Å². The molecule has 0 aromatic heterocycles. The summed E-state index contributed by atoms with van der Waals surface area (Å²) in [4.78, 5) is 11.4. The molecular weight excluding hydrogens is 394 g/mol. The second-order valence-corrected chi connectivity index (χ2v) is 6.95. The molecule has 0 aliphatic carbocycles. The molecule has 2 aromatic carbocycles. The van der Waals surface area contributed by atoms with Crippen LogP contribution in [0.5, 0.6) is 11.5 Å². The van der Waals surface area contributed by atoms with Crippen LogP contribution < -0.4 is 9.47 Å². The zero-order valence-electron chi connectivity index (χ0n) is 16.4. The summed E-state index contributed by atoms with van der Waals surface area (Å²) >= 11 is 6.35. The van der Waals surface area contributed by atoms with Crippen molar-refractivity contribution in [3.05, 3.63) is 46.5 Å². The third-order valence-corrected chi connectivity index (χ3v) is 5.00. The van der Waals surface area contributed by atoms with Gasteiger partial charge in [0.25, 0.3) is 0 Å². The molecule has 152 valence electrons. The van der Waals surface area contributed by atoms with Crippen LogP contribution in [-0.2, 0) is 16.0 Å². The van der Waals surface area contributed by atoms with Crippen molar-refractivity contribution in [1.29, 1.82) is 0 Å². The lowest BCUT2D eigenvalue weighted by Gasteiger charge is -2.31. The number of hydrogen-bond donors (Lipinski definition) is 0. The fourth-order valence-electron chi connectivity index (χ4n) is 3.21. The normalized spacial score (nSPS) is 14.0. The van der Waals surface area contributed by atoms with Crippen LogP contribution in [-0.4, -0.2) is 57.7 Å². The minimum Gasteiger partial charge on any atom is -0.487 e. The molecule has 7 nitrogen and oxygen atoms in total. The van der Waals surface area contributed by atoms with E-state index in [9.17, 15) is 0 Å². The Labute approximate surface area is 174 Å². The van der Waals surface area contributed by atoms with E-state index >= 15 is 0 Å². The molecule has 2 aliphatic rings. The highest BCUT2D eigenvalue weighted by Crippen LogP contribution is 2.40. The number of hydrogen-bond acceptors (Lipinski definition) is 7. The molecule has 0 amide bonds. The van der Waals surface area contributed by atoms with Gasteiger partial charge in [-0.05, 0) is 18.2 Å². The lowest BCUT2D eigenvalue weighted by Crippen LogP contribution is -2.34. The van der Waals surface area contributed by atoms with E-state index in [1.54, 1.807) is 20.6 Å². The summed E-state index contributed by atoms with van der Waals surface area (Å²) in [6, 6.07) is 9.54. The minimum absolute atomic E-state index is 0.411. The van der Waals surface area contributed by atoms with Crippen LogP contribution in [0.15, 0.2) is 40.3 Å². The first-order valence-corrected chi connectivity index (χ1v) is 9.68. The van der Waals surface area contributed by atoms with Crippen molar-refractivity contribution >= 4 is 35.1 Å². The average Bonchev–Trinajstić information content (AvgIpc) is 2.73. The Morgan fingerprint density at radius 1 is 0.966 bits per heavy atom. The number of fused-ring (bicyclic) bond motifs is 4. The highest BCUT2D eigenvalue weighted by Gasteiger charge is 2.28. The van der Waals surface area contributed by atoms with Gasteiger partial charge in [-0.25, -0.2) is 9.98 Å². The van der Waals surface area contributed by atoms with Crippen molar-refractivity contribution in [2.75, 3.05) is 40.6 Å². The maximum atomic E-state index is 6.35. The first kappa shape index (κ1) is 19.7. The summed E-state index contributed by atoms with van der Waals surface area (Å²) in [5.41, 5.74) is 3.51. The first-order valence-electron chi connectivity index (χ1n) is 9.30. The molecule has 0 spiro atoms. The van der Waals surface area contributed by atoms with Gasteiger partial charge in [-0.3, -0.25) is 0 Å². The standard InChI is InChI=1S/C21H22ClN3O4/c1-26-6-8-28-19-10-14-18(11-20(19)29-9-7-27-2)23-13-25-12-15-16(22)4-3-5-17(15)24-21(14)25/h3-5,10-11,13H,6-9,12H2,1-2H3. The zero-order valence-corrected chi connectivity index (χ0v) is 17.1. The fourth-order valence-corrected chi connectivity index (χ4v) is 3.43. The molecule has 0 saturated heterocycles. The molecular formula is C21H22ClN3O4. The second kappa shape index (κ2) is 8.82. The van der Waals surface area contributed by atoms with E-state index < -0.39 is 0 Å². The lowest BCUT2D eigenvalue weighted by atomic mass is 10.0. The highest BCUT2D eigenvalue weighted by atomic mass is 35.5. The van der Waals surface area contributed by atoms with Crippen LogP contribution in [0.3, 0.4) is 0 Å². The second-order valence-electron chi connectivity index (χ2n) is 6.54. The van der Waals surface area contributed by atoms with Crippen LogP contribution in [0.1, 0.15) is 11.1 Å². The lowest BCUT2D eigenvalue weighted by molar-refractivity contribution is 0.132. The van der Waals surface area contributed by atoms with Gasteiger partial charge in [0.1, 0.15) is 19.0 Å². The number of amidine groups is 1. The molecule has 2 aliphatic heterocycles. The quantitative estimate of drug-likeness (QED) is 0.610. The van der Waals surface area contributed by atoms with Crippen molar-refractivity contribution < 1.29 is 18.9 Å². The van der Waals surface area contributed by atoms with Gasteiger partial charge < -0.3 is 23.8 Å². The summed E-state index contributed by atoms with van der Waals surface area (Å²) in [7, 11) is 3.27. The Hall–Kier alpha value is -2.61. The molecule has 0 N–H and O–H groups in total. The van der Waals surface area contributed by atoms with Gasteiger partial charge >= 0.3 is 0 Å². The first-order chi connectivity index (χ1) is 14.2. The predicted molar refractivity (Wildman–Crippen MR) is 113 cm³/mol. The Bertz CT molecular complexity index is 961. The van der Waals surface area contributed by atoms with Crippen molar-refractivity contribution in [3.63, 3.8) is 0 Å². The van der Waals surface area contributed by atoms with Crippen LogP contribution in [0.4, 0.5) is 11.4 Å². The van der Waals surface area contributed by atoms with Crippen molar-refractivity contribution in [1.82, 2.24) is 4.90 Å². The van der Waals surface area contributed by atoms with Gasteiger partial charge in [-0.15, -0.1) is 0 Å². The topological polar surface area (TPSA) is 64.9 Å². The molecule has 0 unspecified atom stereocenters. The van der Waals surface area contributed by atoms with Gasteiger partial charge in [-0.1, -0.05) is 17.7 Å². The summed E-state index contributed by atoms with van der Waals surface area (Å²) in [5, 5.41) is 0.704. The fraction of sp³-hybridized carbons (Fsp3) is 0.333. The Kier molecular flexibility index (Phi) is 5.99. The van der Waals surface area contributed by atoms with E-state index in [-0.39, 0.29) is 0 Å². The van der Waals surface area contributed by atoms with Gasteiger partial charge in [0.2, 0.25) is 0 Å². The Morgan fingerprint density at radius 3 is 2.41 bits per heavy atom. The molecule has 8 heteroatoms. The number of nitrogens with zero attached hydrogens (tertiary/aromatic N) is 3. The molecule has 2 aromatic rings. The maximum absolute atomic E-state index is 6.35. The van der Waals surface area contributed by atoms with E-state index in [4.69, 9.17) is 35.5 Å². The van der Waals surface area contributed by atoms with Crippen LogP contribution in [0.2, 0.25) is 5.02 Å². The molecule has 29 heavy (non-hydrogen) atoms. The van der Waals surface area contributed by atoms with Crippen LogP contribution in [0.25, 0.3) is 0 Å². The van der Waals surface area contributed by atoms with Gasteiger partial charge in [-0.2, -0.15) is 0 Å². The highest BCUT2D eigenvalue weighted by molar-refractivity contribution is 6.32. The molecule has 0 atom stereocenters. The number of methoxy groups -OCH3 is 2. The zero-order chi connectivity index (χ0) is 20.2. The summed E-state index contributed by atoms with van der Waals surface area (Å²) in [6.07, 6.45) is 1.78. The van der Waals surface area contributed by atoms with Crippen molar-refractivity contribution in [2.24, 2.45) is 9.98 Å². The van der Waals surface area contributed by atoms with Gasteiger partial charge in [0, 0.05) is 36.4 Å². The predicted octanol–water partition coefficient (Wildman–Crippen LogP) is 3.96. The molecule has 4 rings (SSSR count). The number of ether oxygens (including phenoxy) is 4. The number of benzene rings is 2. The molecule has 0 bridgehead atoms. The number of aliphatic imine (C=N–C) groups is 2. The average molecular weight is 416 g/mol. The van der Waals surface area contributed by atoms with Crippen LogP contribution in [0, 0.1) is 0 Å². The maximum Gasteiger partial charge on any atom is 0.163 e. The van der Waals surface area contributed by atoms with Crippen LogP contribution >= 0.6 is 11.6 Å². The molecule has 0 fully saturated rings. The number of halogens is 1. The van der Waals surface area contributed by atoms with Crippen molar-refractivity contribution in [3.8, 4) is 11.5 Å². The molecule has 2 heterocycles. The SMILES string of the molecule is COCCOc1cc2c(cc1OCCOC)C1=Nc3cccc(Cl)c3CN1C=N2. The van der Waals surface area contributed by atoms with E-state index in [2.05, 4.69) is 4.99 Å². The van der Waals surface area contributed by atoms with Gasteiger partial charge in [0.05, 0.1) is 37.5 Å². The van der Waals surface area contributed by atoms with E-state index in [0.29, 0.717) is 49.5 Å². The van der Waals surface area contributed by atoms with E-state index in [0.717, 1.165) is 28.3 Å². The summed E-state index contributed by atoms with van der Waals surface area (Å²) in [6.45, 7) is 2.40. The minimum atomic E-state index is 0.411. The van der Waals surface area contributed by atoms with Crippen molar-refractivity contribution in [2.45, 2.75) is 6.54 Å². The van der Waals surface area contributed by atoms with Gasteiger partial charge in [0.15, 0.2) is 11.5 Å². The number of rotatable bonds is 8. The van der Waals surface area contributed by atoms with E-state index in [1.807, 2.05) is 35.2 Å². The summed E-state index contributed by atoms with van der Waals surface area (Å²) in [5.74, 6) is 2.04. The smallest absolute Gasteiger partial charge is 0.163 e. The molecule has 0 radical (unpaired) electrons.